The lowest BCUT2D eigenvalue weighted by Gasteiger charge is -2.26. The van der Waals surface area contributed by atoms with Gasteiger partial charge in [-0.25, -0.2) is 0 Å². The first-order valence-corrected chi connectivity index (χ1v) is 6.66. The van der Waals surface area contributed by atoms with Gasteiger partial charge in [0.05, 0.1) is 11.9 Å². The average Bonchev–Trinajstić information content (AvgIpc) is 2.36. The highest BCUT2D eigenvalue weighted by molar-refractivity contribution is 5.51. The molecule has 1 aromatic heterocycles. The molecule has 4 heteroatoms. The standard InChI is InChI=1S/C14H26N4/c1-5-18(10-6-9-17(3)4)14-12-16-8-7-13(14)11-15-2/h7-8,12,15H,5-6,9-11H2,1-4H3. The molecule has 1 N–H and O–H groups in total. The first-order valence-electron chi connectivity index (χ1n) is 6.66. The Kier molecular flexibility index (Phi) is 6.68. The van der Waals surface area contributed by atoms with Gasteiger partial charge >= 0.3 is 0 Å². The van der Waals surface area contributed by atoms with E-state index in [0.717, 1.165) is 26.2 Å². The molecule has 0 aliphatic carbocycles. The van der Waals surface area contributed by atoms with Crippen molar-refractivity contribution in [3.8, 4) is 0 Å². The summed E-state index contributed by atoms with van der Waals surface area (Å²) in [4.78, 5) is 8.89. The zero-order valence-corrected chi connectivity index (χ0v) is 12.1. The number of rotatable bonds is 8. The second-order valence-corrected chi connectivity index (χ2v) is 4.77. The van der Waals surface area contributed by atoms with Crippen molar-refractivity contribution >= 4 is 5.69 Å². The molecule has 0 atom stereocenters. The largest absolute Gasteiger partial charge is 0.370 e. The topological polar surface area (TPSA) is 31.4 Å². The molecule has 0 aliphatic heterocycles. The van der Waals surface area contributed by atoms with Crippen LogP contribution >= 0.6 is 0 Å². The van der Waals surface area contributed by atoms with Crippen LogP contribution in [-0.4, -0.2) is 50.7 Å². The molecule has 102 valence electrons. The summed E-state index contributed by atoms with van der Waals surface area (Å²) in [6.45, 7) is 6.32. The van der Waals surface area contributed by atoms with E-state index in [4.69, 9.17) is 0 Å². The number of nitrogens with one attached hydrogen (secondary N) is 1. The Morgan fingerprint density at radius 1 is 1.28 bits per heavy atom. The number of anilines is 1. The minimum Gasteiger partial charge on any atom is -0.370 e. The van der Waals surface area contributed by atoms with E-state index in [9.17, 15) is 0 Å². The van der Waals surface area contributed by atoms with Crippen molar-refractivity contribution in [3.05, 3.63) is 24.0 Å². The zero-order valence-electron chi connectivity index (χ0n) is 12.1. The van der Waals surface area contributed by atoms with E-state index in [1.165, 1.54) is 17.7 Å². The quantitative estimate of drug-likeness (QED) is 0.759. The maximum absolute atomic E-state index is 4.26. The number of aromatic nitrogens is 1. The third-order valence-corrected chi connectivity index (χ3v) is 3.01. The molecule has 1 rings (SSSR count). The van der Waals surface area contributed by atoms with Gasteiger partial charge in [0.15, 0.2) is 0 Å². The first kappa shape index (κ1) is 14.9. The molecule has 0 saturated heterocycles. The highest BCUT2D eigenvalue weighted by Crippen LogP contribution is 2.19. The third-order valence-electron chi connectivity index (χ3n) is 3.01. The Hall–Kier alpha value is -1.13. The van der Waals surface area contributed by atoms with E-state index < -0.39 is 0 Å². The molecule has 0 radical (unpaired) electrons. The minimum atomic E-state index is 0.891. The van der Waals surface area contributed by atoms with E-state index in [2.05, 4.69) is 47.2 Å². The van der Waals surface area contributed by atoms with Crippen LogP contribution in [0.5, 0.6) is 0 Å². The second kappa shape index (κ2) is 8.06. The van der Waals surface area contributed by atoms with Crippen LogP contribution in [0.1, 0.15) is 18.9 Å². The molecule has 18 heavy (non-hydrogen) atoms. The fourth-order valence-electron chi connectivity index (χ4n) is 2.07. The van der Waals surface area contributed by atoms with Crippen molar-refractivity contribution in [1.82, 2.24) is 15.2 Å². The highest BCUT2D eigenvalue weighted by atomic mass is 15.1. The fraction of sp³-hybridized carbons (Fsp3) is 0.643. The molecule has 0 spiro atoms. The van der Waals surface area contributed by atoms with Crippen molar-refractivity contribution in [3.63, 3.8) is 0 Å². The molecule has 0 saturated carbocycles. The predicted molar refractivity (Wildman–Crippen MR) is 78.1 cm³/mol. The average molecular weight is 250 g/mol. The van der Waals surface area contributed by atoms with Crippen molar-refractivity contribution < 1.29 is 0 Å². The van der Waals surface area contributed by atoms with Gasteiger partial charge in [0.1, 0.15) is 0 Å². The lowest BCUT2D eigenvalue weighted by molar-refractivity contribution is 0.400. The molecule has 0 unspecified atom stereocenters. The summed E-state index contributed by atoms with van der Waals surface area (Å²) < 4.78 is 0. The Morgan fingerprint density at radius 3 is 2.67 bits per heavy atom. The Labute approximate surface area is 111 Å². The van der Waals surface area contributed by atoms with Crippen LogP contribution < -0.4 is 10.2 Å². The summed E-state index contributed by atoms with van der Waals surface area (Å²) in [7, 11) is 6.21. The SMILES string of the molecule is CCN(CCCN(C)C)c1cnccc1CNC. The van der Waals surface area contributed by atoms with Gasteiger partial charge in [0.2, 0.25) is 0 Å². The normalized spacial score (nSPS) is 10.9. The van der Waals surface area contributed by atoms with Gasteiger partial charge < -0.3 is 15.1 Å². The van der Waals surface area contributed by atoms with Crippen LogP contribution in [0.15, 0.2) is 18.5 Å². The lowest BCUT2D eigenvalue weighted by Crippen LogP contribution is -2.28. The highest BCUT2D eigenvalue weighted by Gasteiger charge is 2.09. The van der Waals surface area contributed by atoms with Crippen LogP contribution in [-0.2, 0) is 6.54 Å². The van der Waals surface area contributed by atoms with Crippen LogP contribution in [0.4, 0.5) is 5.69 Å². The molecule has 4 nitrogen and oxygen atoms in total. The Bertz CT molecular complexity index is 338. The van der Waals surface area contributed by atoms with E-state index in [-0.39, 0.29) is 0 Å². The first-order chi connectivity index (χ1) is 8.69. The smallest absolute Gasteiger partial charge is 0.0598 e. The van der Waals surface area contributed by atoms with Crippen molar-refractivity contribution in [2.45, 2.75) is 19.9 Å². The van der Waals surface area contributed by atoms with Crippen LogP contribution in [0, 0.1) is 0 Å². The number of nitrogens with zero attached hydrogens (tertiary/aromatic N) is 3. The molecule has 0 aromatic carbocycles. The van der Waals surface area contributed by atoms with Crippen LogP contribution in [0.25, 0.3) is 0 Å². The lowest BCUT2D eigenvalue weighted by atomic mass is 10.2. The monoisotopic (exact) mass is 250 g/mol. The molecule has 0 fully saturated rings. The number of hydrogen-bond donors (Lipinski definition) is 1. The summed E-state index contributed by atoms with van der Waals surface area (Å²) >= 11 is 0. The van der Waals surface area contributed by atoms with Crippen LogP contribution in [0.2, 0.25) is 0 Å². The summed E-state index contributed by atoms with van der Waals surface area (Å²) in [6, 6.07) is 2.10. The second-order valence-electron chi connectivity index (χ2n) is 4.77. The van der Waals surface area contributed by atoms with Gasteiger partial charge in [-0.3, -0.25) is 4.98 Å². The molecule has 1 aromatic rings. The van der Waals surface area contributed by atoms with Crippen LogP contribution in [0.3, 0.4) is 0 Å². The van der Waals surface area contributed by atoms with E-state index in [1.807, 2.05) is 19.4 Å². The summed E-state index contributed by atoms with van der Waals surface area (Å²) in [6.07, 6.45) is 5.02. The molecule has 1 heterocycles. The number of hydrogen-bond acceptors (Lipinski definition) is 4. The van der Waals surface area contributed by atoms with Gasteiger partial charge in [-0.2, -0.15) is 0 Å². The molecule has 0 amide bonds. The molecule has 0 aliphatic rings. The Balaban J connectivity index is 2.68. The van der Waals surface area contributed by atoms with Crippen molar-refractivity contribution in [2.75, 3.05) is 45.7 Å². The molecular formula is C14H26N4. The van der Waals surface area contributed by atoms with Gasteiger partial charge in [-0.15, -0.1) is 0 Å². The minimum absolute atomic E-state index is 0.891. The Morgan fingerprint density at radius 2 is 2.06 bits per heavy atom. The van der Waals surface area contributed by atoms with E-state index in [1.54, 1.807) is 0 Å². The van der Waals surface area contributed by atoms with Gasteiger partial charge in [0, 0.05) is 25.8 Å². The summed E-state index contributed by atoms with van der Waals surface area (Å²) in [5, 5.41) is 3.22. The summed E-state index contributed by atoms with van der Waals surface area (Å²) in [5.74, 6) is 0. The van der Waals surface area contributed by atoms with Gasteiger partial charge in [-0.05, 0) is 52.7 Å². The fourth-order valence-corrected chi connectivity index (χ4v) is 2.07. The molecular weight excluding hydrogens is 224 g/mol. The van der Waals surface area contributed by atoms with Gasteiger partial charge in [0.25, 0.3) is 0 Å². The van der Waals surface area contributed by atoms with Crippen molar-refractivity contribution in [2.24, 2.45) is 0 Å². The summed E-state index contributed by atoms with van der Waals surface area (Å²) in [5.41, 5.74) is 2.58. The van der Waals surface area contributed by atoms with E-state index in [0.29, 0.717) is 0 Å². The predicted octanol–water partition coefficient (Wildman–Crippen LogP) is 1.58. The third kappa shape index (κ3) is 4.63. The number of pyridine rings is 1. The zero-order chi connectivity index (χ0) is 13.4. The van der Waals surface area contributed by atoms with E-state index >= 15 is 0 Å². The van der Waals surface area contributed by atoms with Gasteiger partial charge in [-0.1, -0.05) is 0 Å². The molecule has 0 bridgehead atoms. The van der Waals surface area contributed by atoms with Crippen molar-refractivity contribution in [1.29, 1.82) is 0 Å². The maximum atomic E-state index is 4.26. The maximum Gasteiger partial charge on any atom is 0.0598 e.